The molecule has 1 N–H and O–H groups in total. The summed E-state index contributed by atoms with van der Waals surface area (Å²) in [4.78, 5) is 29.3. The van der Waals surface area contributed by atoms with Crippen molar-refractivity contribution in [1.82, 2.24) is 4.90 Å². The number of fused-ring (bicyclic) bond motifs is 1. The Kier molecular flexibility index (Phi) is 6.24. The Hall–Kier alpha value is -2.66. The third kappa shape index (κ3) is 4.74. The van der Waals surface area contributed by atoms with E-state index in [0.717, 1.165) is 25.2 Å². The summed E-state index contributed by atoms with van der Waals surface area (Å²) in [7, 11) is 0. The zero-order valence-electron chi connectivity index (χ0n) is 16.0. The largest absolute Gasteiger partial charge is 0.324 e. The maximum Gasteiger partial charge on any atom is 0.241 e. The summed E-state index contributed by atoms with van der Waals surface area (Å²) in [6, 6.07) is 17.5. The van der Waals surface area contributed by atoms with Crippen molar-refractivity contribution >= 4 is 23.2 Å². The lowest BCUT2D eigenvalue weighted by molar-refractivity contribution is -0.120. The van der Waals surface area contributed by atoms with Crippen LogP contribution in [0.3, 0.4) is 0 Å². The van der Waals surface area contributed by atoms with Crippen molar-refractivity contribution in [3.63, 3.8) is 0 Å². The molecule has 5 heteroatoms. The van der Waals surface area contributed by atoms with Crippen LogP contribution < -0.4 is 10.2 Å². The van der Waals surface area contributed by atoms with Crippen LogP contribution in [0, 0.1) is 0 Å². The number of hydrogen-bond donors (Lipinski definition) is 1. The van der Waals surface area contributed by atoms with Crippen LogP contribution in [0.1, 0.15) is 32.3 Å². The van der Waals surface area contributed by atoms with Gasteiger partial charge in [-0.05, 0) is 37.6 Å². The van der Waals surface area contributed by atoms with Crippen molar-refractivity contribution in [2.75, 3.05) is 23.3 Å². The number of rotatable bonds is 6. The molecule has 1 heterocycles. The summed E-state index contributed by atoms with van der Waals surface area (Å²) in [5.74, 6) is -0.0317. The van der Waals surface area contributed by atoms with Gasteiger partial charge in [-0.1, -0.05) is 49.4 Å². The summed E-state index contributed by atoms with van der Waals surface area (Å²) in [5.41, 5.74) is 2.67. The minimum atomic E-state index is -0.179. The molecule has 0 radical (unpaired) electrons. The quantitative estimate of drug-likeness (QED) is 0.850. The highest BCUT2D eigenvalue weighted by molar-refractivity contribution is 6.04. The Balaban J connectivity index is 1.81. The zero-order chi connectivity index (χ0) is 19.2. The smallest absolute Gasteiger partial charge is 0.241 e. The van der Waals surface area contributed by atoms with Gasteiger partial charge in [0.25, 0.3) is 0 Å². The third-order valence-electron chi connectivity index (χ3n) is 4.78. The van der Waals surface area contributed by atoms with Gasteiger partial charge in [0.15, 0.2) is 0 Å². The van der Waals surface area contributed by atoms with Crippen LogP contribution in [0.15, 0.2) is 54.6 Å². The van der Waals surface area contributed by atoms with Crippen LogP contribution in [0.4, 0.5) is 11.4 Å². The van der Waals surface area contributed by atoms with Crippen LogP contribution in [-0.2, 0) is 16.1 Å². The number of hydrogen-bond acceptors (Lipinski definition) is 3. The Morgan fingerprint density at radius 1 is 1.15 bits per heavy atom. The second kappa shape index (κ2) is 8.82. The van der Waals surface area contributed by atoms with Gasteiger partial charge in [0, 0.05) is 19.0 Å². The molecule has 1 unspecified atom stereocenters. The molecule has 1 aliphatic heterocycles. The molecule has 2 aromatic carbocycles. The zero-order valence-corrected chi connectivity index (χ0v) is 16.0. The summed E-state index contributed by atoms with van der Waals surface area (Å²) < 4.78 is 0. The Morgan fingerprint density at radius 3 is 2.59 bits per heavy atom. The predicted molar refractivity (Wildman–Crippen MR) is 109 cm³/mol. The van der Waals surface area contributed by atoms with Crippen molar-refractivity contribution < 1.29 is 9.59 Å². The molecule has 0 spiro atoms. The van der Waals surface area contributed by atoms with Gasteiger partial charge in [-0.15, -0.1) is 0 Å². The Labute approximate surface area is 161 Å². The average molecular weight is 365 g/mol. The van der Waals surface area contributed by atoms with Crippen molar-refractivity contribution in [2.24, 2.45) is 0 Å². The van der Waals surface area contributed by atoms with Crippen molar-refractivity contribution in [2.45, 2.75) is 39.3 Å². The standard InChI is InChI=1S/C22H27N3O2/c1-3-13-24(15-18-9-5-4-6-10-18)16-22(27)25-17(2)14-21(26)23-19-11-7-8-12-20(19)25/h4-12,17H,3,13-16H2,1-2H3,(H,23,26). The van der Waals surface area contributed by atoms with Gasteiger partial charge >= 0.3 is 0 Å². The summed E-state index contributed by atoms with van der Waals surface area (Å²) in [6.45, 7) is 5.97. The number of carbonyl (C=O) groups excluding carboxylic acids is 2. The number of nitrogens with one attached hydrogen (secondary N) is 1. The van der Waals surface area contributed by atoms with Crippen LogP contribution in [0.5, 0.6) is 0 Å². The van der Waals surface area contributed by atoms with Gasteiger partial charge in [0.1, 0.15) is 0 Å². The van der Waals surface area contributed by atoms with E-state index in [1.807, 2.05) is 49.4 Å². The topological polar surface area (TPSA) is 52.7 Å². The fraction of sp³-hybridized carbons (Fsp3) is 0.364. The Morgan fingerprint density at radius 2 is 1.85 bits per heavy atom. The van der Waals surface area contributed by atoms with E-state index in [9.17, 15) is 9.59 Å². The van der Waals surface area contributed by atoms with Crippen LogP contribution >= 0.6 is 0 Å². The van der Waals surface area contributed by atoms with E-state index in [4.69, 9.17) is 0 Å². The molecule has 1 atom stereocenters. The highest BCUT2D eigenvalue weighted by atomic mass is 16.2. The average Bonchev–Trinajstić information content (AvgIpc) is 2.76. The lowest BCUT2D eigenvalue weighted by Crippen LogP contribution is -2.45. The fourth-order valence-electron chi connectivity index (χ4n) is 3.61. The van der Waals surface area contributed by atoms with Crippen LogP contribution in [-0.4, -0.2) is 35.8 Å². The maximum absolute atomic E-state index is 13.3. The van der Waals surface area contributed by atoms with E-state index in [0.29, 0.717) is 18.7 Å². The molecule has 0 aromatic heterocycles. The molecule has 2 amide bonds. The molecule has 5 nitrogen and oxygen atoms in total. The molecule has 0 saturated heterocycles. The SMILES string of the molecule is CCCN(CC(=O)N1c2ccccc2NC(=O)CC1C)Cc1ccccc1. The molecule has 3 rings (SSSR count). The molecule has 0 bridgehead atoms. The molecule has 2 aromatic rings. The predicted octanol–water partition coefficient (Wildman–Crippen LogP) is 3.66. The summed E-state index contributed by atoms with van der Waals surface area (Å²) in [5, 5.41) is 2.91. The minimum Gasteiger partial charge on any atom is -0.324 e. The van der Waals surface area contributed by atoms with Gasteiger partial charge in [0.05, 0.1) is 17.9 Å². The van der Waals surface area contributed by atoms with Gasteiger partial charge in [-0.3, -0.25) is 14.5 Å². The first-order valence-electron chi connectivity index (χ1n) is 9.55. The first kappa shape index (κ1) is 19.1. The number of amides is 2. The fourth-order valence-corrected chi connectivity index (χ4v) is 3.61. The van der Waals surface area contributed by atoms with Gasteiger partial charge in [-0.25, -0.2) is 0 Å². The normalized spacial score (nSPS) is 16.6. The number of para-hydroxylation sites is 2. The second-order valence-electron chi connectivity index (χ2n) is 7.08. The minimum absolute atomic E-state index is 0.0239. The molecule has 27 heavy (non-hydrogen) atoms. The van der Waals surface area contributed by atoms with Crippen molar-refractivity contribution in [3.05, 3.63) is 60.2 Å². The monoisotopic (exact) mass is 365 g/mol. The molecular weight excluding hydrogens is 338 g/mol. The first-order valence-corrected chi connectivity index (χ1v) is 9.55. The second-order valence-corrected chi connectivity index (χ2v) is 7.08. The van der Waals surface area contributed by atoms with E-state index < -0.39 is 0 Å². The number of anilines is 2. The van der Waals surface area contributed by atoms with E-state index in [1.54, 1.807) is 4.90 Å². The molecular formula is C22H27N3O2. The third-order valence-corrected chi connectivity index (χ3v) is 4.78. The summed E-state index contributed by atoms with van der Waals surface area (Å²) >= 11 is 0. The highest BCUT2D eigenvalue weighted by Gasteiger charge is 2.30. The van der Waals surface area contributed by atoms with Gasteiger partial charge in [-0.2, -0.15) is 0 Å². The van der Waals surface area contributed by atoms with Crippen molar-refractivity contribution in [1.29, 1.82) is 0 Å². The molecule has 0 fully saturated rings. The van der Waals surface area contributed by atoms with Crippen molar-refractivity contribution in [3.8, 4) is 0 Å². The Bertz CT molecular complexity index is 791. The van der Waals surface area contributed by atoms with Gasteiger partial charge in [0.2, 0.25) is 11.8 Å². The van der Waals surface area contributed by atoms with Crippen LogP contribution in [0.25, 0.3) is 0 Å². The van der Waals surface area contributed by atoms with Gasteiger partial charge < -0.3 is 10.2 Å². The van der Waals surface area contributed by atoms with E-state index in [-0.39, 0.29) is 17.9 Å². The number of nitrogens with zero attached hydrogens (tertiary/aromatic N) is 2. The lowest BCUT2D eigenvalue weighted by atomic mass is 10.1. The van der Waals surface area contributed by atoms with E-state index in [1.165, 1.54) is 5.56 Å². The van der Waals surface area contributed by atoms with Crippen LogP contribution in [0.2, 0.25) is 0 Å². The molecule has 0 saturated carbocycles. The molecule has 142 valence electrons. The molecule has 1 aliphatic rings. The van der Waals surface area contributed by atoms with E-state index >= 15 is 0 Å². The molecule has 0 aliphatic carbocycles. The number of carbonyl (C=O) groups is 2. The van der Waals surface area contributed by atoms with E-state index in [2.05, 4.69) is 29.3 Å². The lowest BCUT2D eigenvalue weighted by Gasteiger charge is -2.31. The highest BCUT2D eigenvalue weighted by Crippen LogP contribution is 2.31. The maximum atomic E-state index is 13.3. The first-order chi connectivity index (χ1) is 13.1. The number of benzene rings is 2. The summed E-state index contributed by atoms with van der Waals surface area (Å²) in [6.07, 6.45) is 1.28.